The van der Waals surface area contributed by atoms with Gasteiger partial charge in [-0.3, -0.25) is 4.79 Å². The van der Waals surface area contributed by atoms with Crippen molar-refractivity contribution in [1.29, 1.82) is 0 Å². The molecule has 1 fully saturated rings. The van der Waals surface area contributed by atoms with Crippen LogP contribution in [-0.2, 0) is 11.2 Å². The minimum Gasteiger partial charge on any atom is -0.350 e. The Kier molecular flexibility index (Phi) is 4.26. The fraction of sp³-hybridized carbons (Fsp3) is 0.462. The molecule has 0 saturated heterocycles. The van der Waals surface area contributed by atoms with E-state index in [1.165, 1.54) is 6.42 Å². The van der Waals surface area contributed by atoms with Gasteiger partial charge in [-0.15, -0.1) is 0 Å². The van der Waals surface area contributed by atoms with Gasteiger partial charge in [0.05, 0.1) is 6.42 Å². The third kappa shape index (κ3) is 3.32. The van der Waals surface area contributed by atoms with Crippen LogP contribution < -0.4 is 5.32 Å². The Morgan fingerprint density at radius 2 is 2.18 bits per heavy atom. The highest BCUT2D eigenvalue weighted by Crippen LogP contribution is 2.33. The van der Waals surface area contributed by atoms with Crippen molar-refractivity contribution in [2.24, 2.45) is 0 Å². The maximum atomic E-state index is 11.9. The Labute approximate surface area is 118 Å². The number of rotatable bonds is 4. The Morgan fingerprint density at radius 1 is 1.41 bits per heavy atom. The average molecular weight is 361 g/mol. The zero-order valence-electron chi connectivity index (χ0n) is 9.51. The summed E-state index contributed by atoms with van der Waals surface area (Å²) >= 11 is 6.90. The van der Waals surface area contributed by atoms with Gasteiger partial charge in [0.15, 0.2) is 0 Å². The van der Waals surface area contributed by atoms with Gasteiger partial charge in [-0.1, -0.05) is 44.0 Å². The topological polar surface area (TPSA) is 29.1 Å². The van der Waals surface area contributed by atoms with Crippen LogP contribution in [-0.4, -0.2) is 16.8 Å². The van der Waals surface area contributed by atoms with Gasteiger partial charge in [0, 0.05) is 15.3 Å². The first-order valence-corrected chi connectivity index (χ1v) is 7.66. The summed E-state index contributed by atoms with van der Waals surface area (Å²) in [6, 6.07) is 7.89. The van der Waals surface area contributed by atoms with E-state index in [1.807, 2.05) is 24.3 Å². The van der Waals surface area contributed by atoms with E-state index in [2.05, 4.69) is 37.2 Å². The first kappa shape index (κ1) is 13.1. The van der Waals surface area contributed by atoms with E-state index in [9.17, 15) is 4.79 Å². The van der Waals surface area contributed by atoms with Crippen LogP contribution in [0.1, 0.15) is 24.8 Å². The van der Waals surface area contributed by atoms with E-state index in [0.29, 0.717) is 6.42 Å². The van der Waals surface area contributed by atoms with Gasteiger partial charge in [-0.05, 0) is 37.0 Å². The quantitative estimate of drug-likeness (QED) is 0.819. The maximum absolute atomic E-state index is 11.9. The van der Waals surface area contributed by atoms with Crippen molar-refractivity contribution >= 4 is 37.8 Å². The largest absolute Gasteiger partial charge is 0.350 e. The minimum atomic E-state index is 0.0170. The Balaban J connectivity index is 1.93. The molecular formula is C13H15Br2NO. The highest BCUT2D eigenvalue weighted by molar-refractivity contribution is 9.10. The zero-order valence-corrected chi connectivity index (χ0v) is 12.7. The molecule has 1 aromatic rings. The monoisotopic (exact) mass is 359 g/mol. The van der Waals surface area contributed by atoms with Crippen LogP contribution in [0, 0.1) is 0 Å². The second-order valence-electron chi connectivity index (χ2n) is 4.62. The Bertz CT molecular complexity index is 410. The van der Waals surface area contributed by atoms with Crippen LogP contribution in [0.25, 0.3) is 0 Å². The van der Waals surface area contributed by atoms with Crippen LogP contribution in [0.4, 0.5) is 0 Å². The summed E-state index contributed by atoms with van der Waals surface area (Å²) < 4.78 is 1.02. The summed E-state index contributed by atoms with van der Waals surface area (Å²) in [6.45, 7) is 0. The normalized spacial score (nSPS) is 17.3. The summed E-state index contributed by atoms with van der Waals surface area (Å²) in [6.07, 6.45) is 3.84. The first-order valence-electron chi connectivity index (χ1n) is 5.75. The van der Waals surface area contributed by atoms with Gasteiger partial charge in [-0.2, -0.15) is 0 Å². The molecule has 1 aliphatic rings. The highest BCUT2D eigenvalue weighted by Gasteiger charge is 2.36. The van der Waals surface area contributed by atoms with Crippen molar-refractivity contribution in [1.82, 2.24) is 5.32 Å². The predicted octanol–water partition coefficient (Wildman–Crippen LogP) is 3.43. The fourth-order valence-corrected chi connectivity index (χ4v) is 3.22. The molecule has 0 aromatic heterocycles. The molecule has 4 heteroatoms. The van der Waals surface area contributed by atoms with Crippen molar-refractivity contribution in [2.45, 2.75) is 31.2 Å². The lowest BCUT2D eigenvalue weighted by Crippen LogP contribution is -2.55. The molecule has 1 aromatic carbocycles. The molecule has 0 unspecified atom stereocenters. The Morgan fingerprint density at radius 3 is 2.71 bits per heavy atom. The lowest BCUT2D eigenvalue weighted by molar-refractivity contribution is -0.123. The third-order valence-electron chi connectivity index (χ3n) is 3.22. The van der Waals surface area contributed by atoms with E-state index in [-0.39, 0.29) is 11.4 Å². The molecule has 1 aliphatic carbocycles. The molecule has 0 heterocycles. The van der Waals surface area contributed by atoms with Crippen LogP contribution in [0.2, 0.25) is 0 Å². The number of benzene rings is 1. The molecular weight excluding hydrogens is 346 g/mol. The van der Waals surface area contributed by atoms with Crippen LogP contribution >= 0.6 is 31.9 Å². The molecule has 0 radical (unpaired) electrons. The molecule has 0 aliphatic heterocycles. The molecule has 1 amide bonds. The first-order chi connectivity index (χ1) is 8.13. The van der Waals surface area contributed by atoms with E-state index in [0.717, 1.165) is 28.2 Å². The number of halogens is 2. The number of hydrogen-bond acceptors (Lipinski definition) is 1. The van der Waals surface area contributed by atoms with Crippen LogP contribution in [0.15, 0.2) is 28.7 Å². The smallest absolute Gasteiger partial charge is 0.224 e. The number of hydrogen-bond donors (Lipinski definition) is 1. The van der Waals surface area contributed by atoms with Gasteiger partial charge in [0.25, 0.3) is 0 Å². The van der Waals surface area contributed by atoms with E-state index in [1.54, 1.807) is 0 Å². The van der Waals surface area contributed by atoms with Crippen molar-refractivity contribution in [3.8, 4) is 0 Å². The summed E-state index contributed by atoms with van der Waals surface area (Å²) in [5.41, 5.74) is 1.06. The molecule has 0 bridgehead atoms. The predicted molar refractivity (Wildman–Crippen MR) is 76.4 cm³/mol. The highest BCUT2D eigenvalue weighted by atomic mass is 79.9. The molecule has 17 heavy (non-hydrogen) atoms. The lowest BCUT2D eigenvalue weighted by atomic mass is 9.78. The lowest BCUT2D eigenvalue weighted by Gasteiger charge is -2.41. The van der Waals surface area contributed by atoms with Gasteiger partial charge >= 0.3 is 0 Å². The summed E-state index contributed by atoms with van der Waals surface area (Å²) in [5, 5.41) is 4.00. The second-order valence-corrected chi connectivity index (χ2v) is 6.10. The molecule has 2 rings (SSSR count). The number of carbonyl (C=O) groups excluding carboxylic acids is 1. The summed E-state index contributed by atoms with van der Waals surface area (Å²) in [4.78, 5) is 11.9. The molecule has 0 spiro atoms. The third-order valence-corrected chi connectivity index (χ3v) is 4.79. The minimum absolute atomic E-state index is 0.0170. The van der Waals surface area contributed by atoms with Gasteiger partial charge in [0.2, 0.25) is 5.91 Å². The molecule has 92 valence electrons. The molecule has 2 nitrogen and oxygen atoms in total. The Hall–Kier alpha value is -0.350. The van der Waals surface area contributed by atoms with Crippen LogP contribution in [0.5, 0.6) is 0 Å². The van der Waals surface area contributed by atoms with Gasteiger partial charge in [-0.25, -0.2) is 0 Å². The molecule has 0 atom stereocenters. The number of amides is 1. The fourth-order valence-electron chi connectivity index (χ4n) is 2.07. The standard InChI is InChI=1S/C13H15Br2NO/c14-9-13(5-2-6-13)16-12(17)8-10-3-1-4-11(15)7-10/h1,3-4,7H,2,5-6,8-9H2,(H,16,17). The van der Waals surface area contributed by atoms with Crippen LogP contribution in [0.3, 0.4) is 0 Å². The summed E-state index contributed by atoms with van der Waals surface area (Å²) in [7, 11) is 0. The summed E-state index contributed by atoms with van der Waals surface area (Å²) in [5.74, 6) is 0.113. The molecule has 1 N–H and O–H groups in total. The van der Waals surface area contributed by atoms with Crippen molar-refractivity contribution < 1.29 is 4.79 Å². The average Bonchev–Trinajstić information content (AvgIpc) is 2.23. The number of carbonyl (C=O) groups is 1. The van der Waals surface area contributed by atoms with E-state index in [4.69, 9.17) is 0 Å². The van der Waals surface area contributed by atoms with E-state index < -0.39 is 0 Å². The van der Waals surface area contributed by atoms with Gasteiger partial charge in [0.1, 0.15) is 0 Å². The van der Waals surface area contributed by atoms with Crippen molar-refractivity contribution in [2.75, 3.05) is 5.33 Å². The van der Waals surface area contributed by atoms with Crippen molar-refractivity contribution in [3.05, 3.63) is 34.3 Å². The zero-order chi connectivity index (χ0) is 12.3. The van der Waals surface area contributed by atoms with Gasteiger partial charge < -0.3 is 5.32 Å². The molecule has 1 saturated carbocycles. The SMILES string of the molecule is O=C(Cc1cccc(Br)c1)NC1(CBr)CCC1. The number of alkyl halides is 1. The van der Waals surface area contributed by atoms with Crippen molar-refractivity contribution in [3.63, 3.8) is 0 Å². The maximum Gasteiger partial charge on any atom is 0.224 e. The second kappa shape index (κ2) is 5.53. The number of nitrogens with one attached hydrogen (secondary N) is 1. The van der Waals surface area contributed by atoms with E-state index >= 15 is 0 Å².